The maximum atomic E-state index is 3.43. The molecule has 0 spiro atoms. The largest absolute Gasteiger partial charge is 0.344 e. The molecule has 0 radical (unpaired) electrons. The molecule has 0 bridgehead atoms. The Morgan fingerprint density at radius 2 is 2.07 bits per heavy atom. The molecule has 2 rings (SSSR count). The quantitative estimate of drug-likeness (QED) is 0.744. The van der Waals surface area contributed by atoms with E-state index >= 15 is 0 Å². The van der Waals surface area contributed by atoms with Gasteiger partial charge in [0.2, 0.25) is 0 Å². The lowest BCUT2D eigenvalue weighted by atomic mass is 10.1. The summed E-state index contributed by atoms with van der Waals surface area (Å²) in [5.41, 5.74) is 4.93. The molecule has 0 saturated carbocycles. The molecule has 2 heteroatoms. The van der Waals surface area contributed by atoms with Crippen LogP contribution in [-0.2, 0) is 11.9 Å². The zero-order valence-corrected chi connectivity index (χ0v) is 10.4. The Bertz CT molecular complexity index is 445. The number of aromatic nitrogens is 1. The van der Waals surface area contributed by atoms with Crippen LogP contribution in [0, 0.1) is 6.92 Å². The third kappa shape index (κ3) is 2.72. The zero-order valence-electron chi connectivity index (χ0n) is 8.78. The number of alkyl halides is 1. The monoisotopic (exact) mass is 263 g/mol. The lowest BCUT2D eigenvalue weighted by Gasteiger charge is -2.00. The average Bonchev–Trinajstić information content (AvgIpc) is 2.65. The lowest BCUT2D eigenvalue weighted by Crippen LogP contribution is -1.88. The van der Waals surface area contributed by atoms with Crippen LogP contribution in [0.1, 0.15) is 16.7 Å². The Kier molecular flexibility index (Phi) is 3.27. The van der Waals surface area contributed by atoms with Crippen molar-refractivity contribution in [3.63, 3.8) is 0 Å². The summed E-state index contributed by atoms with van der Waals surface area (Å²) in [5.74, 6) is 0. The van der Waals surface area contributed by atoms with E-state index < -0.39 is 0 Å². The van der Waals surface area contributed by atoms with Gasteiger partial charge in [0.25, 0.3) is 0 Å². The first-order valence-corrected chi connectivity index (χ1v) is 6.16. The van der Waals surface area contributed by atoms with Gasteiger partial charge >= 0.3 is 0 Å². The van der Waals surface area contributed by atoms with E-state index in [1.165, 1.54) is 16.7 Å². The van der Waals surface area contributed by atoms with Gasteiger partial charge in [0, 0.05) is 12.4 Å². The van der Waals surface area contributed by atoms with Gasteiger partial charge in [0.1, 0.15) is 0 Å². The van der Waals surface area contributed by atoms with Crippen LogP contribution in [0.25, 0.3) is 0 Å². The van der Waals surface area contributed by atoms with Gasteiger partial charge in [0.15, 0.2) is 0 Å². The van der Waals surface area contributed by atoms with E-state index in [1.807, 2.05) is 0 Å². The fourth-order valence-corrected chi connectivity index (χ4v) is 2.04. The van der Waals surface area contributed by atoms with Crippen LogP contribution in [0.3, 0.4) is 0 Å². The Morgan fingerprint density at radius 3 is 2.73 bits per heavy atom. The summed E-state index contributed by atoms with van der Waals surface area (Å²) in [6.07, 6.45) is 5.29. The molecule has 0 unspecified atom stereocenters. The molecule has 0 aliphatic rings. The molecule has 1 aromatic carbocycles. The molecular weight excluding hydrogens is 250 g/mol. The van der Waals surface area contributed by atoms with Gasteiger partial charge in [-0.3, -0.25) is 0 Å². The highest BCUT2D eigenvalue weighted by Crippen LogP contribution is 2.12. The molecule has 0 aliphatic carbocycles. The fraction of sp³-hybridized carbons (Fsp3) is 0.231. The molecule has 78 valence electrons. The van der Waals surface area contributed by atoms with Crippen LogP contribution in [0.2, 0.25) is 0 Å². The third-order valence-electron chi connectivity index (χ3n) is 2.44. The van der Waals surface area contributed by atoms with Crippen LogP contribution < -0.4 is 0 Å². The molecule has 15 heavy (non-hydrogen) atoms. The van der Waals surface area contributed by atoms with Crippen molar-refractivity contribution in [1.82, 2.24) is 4.57 Å². The van der Waals surface area contributed by atoms with Crippen LogP contribution in [0.5, 0.6) is 0 Å². The first-order chi connectivity index (χ1) is 7.28. The van der Waals surface area contributed by atoms with Crippen LogP contribution in [0.15, 0.2) is 42.7 Å². The predicted molar refractivity (Wildman–Crippen MR) is 67.3 cm³/mol. The number of aryl methyl sites for hydroxylation is 1. The maximum Gasteiger partial charge on any atom is 0.0773 e. The summed E-state index contributed by atoms with van der Waals surface area (Å²) >= 11 is 3.43. The molecule has 0 fully saturated rings. The van der Waals surface area contributed by atoms with E-state index in [-0.39, 0.29) is 0 Å². The van der Waals surface area contributed by atoms with Gasteiger partial charge in [-0.2, -0.15) is 0 Å². The molecular formula is C13H14BrN. The van der Waals surface area contributed by atoms with Gasteiger partial charge in [-0.05, 0) is 30.5 Å². The van der Waals surface area contributed by atoms with Gasteiger partial charge in [-0.1, -0.05) is 45.8 Å². The molecule has 0 N–H and O–H groups in total. The summed E-state index contributed by atoms with van der Waals surface area (Å²) in [4.78, 5) is 0. The van der Waals surface area contributed by atoms with Crippen molar-refractivity contribution >= 4 is 15.9 Å². The first kappa shape index (κ1) is 10.5. The average molecular weight is 264 g/mol. The van der Waals surface area contributed by atoms with Gasteiger partial charge < -0.3 is 4.57 Å². The zero-order chi connectivity index (χ0) is 10.7. The van der Waals surface area contributed by atoms with E-state index in [4.69, 9.17) is 0 Å². The van der Waals surface area contributed by atoms with E-state index in [1.54, 1.807) is 0 Å². The number of rotatable bonds is 3. The van der Waals surface area contributed by atoms with Crippen molar-refractivity contribution in [2.45, 2.75) is 18.8 Å². The minimum absolute atomic E-state index is 0.862. The standard InChI is InChI=1S/C13H14BrN/c1-11-3-2-4-12(7-11)8-13-5-6-15(9-13)10-14/h2-7,9H,8,10H2,1H3. The predicted octanol–water partition coefficient (Wildman–Crippen LogP) is 3.74. The number of halogens is 1. The second-order valence-corrected chi connectivity index (χ2v) is 4.32. The topological polar surface area (TPSA) is 4.93 Å². The molecule has 2 aromatic rings. The van der Waals surface area contributed by atoms with Crippen molar-refractivity contribution in [2.24, 2.45) is 0 Å². The van der Waals surface area contributed by atoms with E-state index in [0.717, 1.165) is 11.9 Å². The molecule has 0 amide bonds. The second-order valence-electron chi connectivity index (χ2n) is 3.82. The normalized spacial score (nSPS) is 10.5. The molecule has 1 nitrogen and oxygen atoms in total. The van der Waals surface area contributed by atoms with Crippen molar-refractivity contribution in [3.8, 4) is 0 Å². The molecule has 1 heterocycles. The van der Waals surface area contributed by atoms with Crippen molar-refractivity contribution in [2.75, 3.05) is 0 Å². The summed E-state index contributed by atoms with van der Waals surface area (Å²) in [5, 5.41) is 0. The molecule has 1 aromatic heterocycles. The Labute approximate surface area is 98.9 Å². The number of hydrogen-bond donors (Lipinski definition) is 0. The summed E-state index contributed by atoms with van der Waals surface area (Å²) in [6.45, 7) is 2.13. The van der Waals surface area contributed by atoms with E-state index in [9.17, 15) is 0 Å². The maximum absolute atomic E-state index is 3.43. The Hall–Kier alpha value is -1.02. The van der Waals surface area contributed by atoms with Gasteiger partial charge in [0.05, 0.1) is 5.45 Å². The van der Waals surface area contributed by atoms with Crippen molar-refractivity contribution < 1.29 is 0 Å². The highest BCUT2D eigenvalue weighted by molar-refractivity contribution is 9.08. The summed E-state index contributed by atoms with van der Waals surface area (Å²) in [6, 6.07) is 10.8. The lowest BCUT2D eigenvalue weighted by molar-refractivity contribution is 0.909. The van der Waals surface area contributed by atoms with Crippen LogP contribution in [-0.4, -0.2) is 4.57 Å². The van der Waals surface area contributed by atoms with Gasteiger partial charge in [-0.15, -0.1) is 0 Å². The first-order valence-electron chi connectivity index (χ1n) is 5.04. The van der Waals surface area contributed by atoms with Crippen molar-refractivity contribution in [3.05, 3.63) is 59.4 Å². The molecule has 0 aliphatic heterocycles. The van der Waals surface area contributed by atoms with E-state index in [0.29, 0.717) is 0 Å². The Morgan fingerprint density at radius 1 is 1.20 bits per heavy atom. The SMILES string of the molecule is Cc1cccc(Cc2ccn(CBr)c2)c1. The molecule has 0 atom stereocenters. The number of benzene rings is 1. The smallest absolute Gasteiger partial charge is 0.0773 e. The number of nitrogens with zero attached hydrogens (tertiary/aromatic N) is 1. The minimum Gasteiger partial charge on any atom is -0.344 e. The van der Waals surface area contributed by atoms with Crippen LogP contribution >= 0.6 is 15.9 Å². The highest BCUT2D eigenvalue weighted by atomic mass is 79.9. The summed E-state index contributed by atoms with van der Waals surface area (Å²) < 4.78 is 2.13. The van der Waals surface area contributed by atoms with Crippen LogP contribution in [0.4, 0.5) is 0 Å². The minimum atomic E-state index is 0.862. The highest BCUT2D eigenvalue weighted by Gasteiger charge is 1.98. The van der Waals surface area contributed by atoms with E-state index in [2.05, 4.69) is 70.1 Å². The van der Waals surface area contributed by atoms with Crippen molar-refractivity contribution in [1.29, 1.82) is 0 Å². The second kappa shape index (κ2) is 4.67. The Balaban J connectivity index is 2.14. The third-order valence-corrected chi connectivity index (χ3v) is 3.02. The summed E-state index contributed by atoms with van der Waals surface area (Å²) in [7, 11) is 0. The van der Waals surface area contributed by atoms with Gasteiger partial charge in [-0.25, -0.2) is 0 Å². The fourth-order valence-electron chi connectivity index (χ4n) is 1.73. The number of hydrogen-bond acceptors (Lipinski definition) is 0. The molecule has 0 saturated heterocycles.